The van der Waals surface area contributed by atoms with Gasteiger partial charge in [-0.3, -0.25) is 0 Å². The van der Waals surface area contributed by atoms with Crippen molar-refractivity contribution in [2.45, 2.75) is 44.8 Å². The molecule has 1 saturated carbocycles. The zero-order valence-electron chi connectivity index (χ0n) is 15.0. The fourth-order valence-corrected chi connectivity index (χ4v) is 3.40. The average molecular weight is 383 g/mol. The number of hydrogen-bond acceptors (Lipinski definition) is 6. The molecule has 1 fully saturated rings. The minimum Gasteiger partial charge on any atom is -0.337 e. The number of rotatable bonds is 7. The molecule has 27 heavy (non-hydrogen) atoms. The highest BCUT2D eigenvalue weighted by Crippen LogP contribution is 2.38. The lowest BCUT2D eigenvalue weighted by Gasteiger charge is -2.23. The second-order valence-electron chi connectivity index (χ2n) is 6.70. The van der Waals surface area contributed by atoms with Crippen molar-refractivity contribution in [1.82, 2.24) is 25.3 Å². The van der Waals surface area contributed by atoms with Crippen LogP contribution >= 0.6 is 11.3 Å². The molecule has 1 aromatic carbocycles. The molecule has 2 aromatic heterocycles. The van der Waals surface area contributed by atoms with Crippen LogP contribution in [-0.4, -0.2) is 26.1 Å². The van der Waals surface area contributed by atoms with Gasteiger partial charge in [0, 0.05) is 24.0 Å². The van der Waals surface area contributed by atoms with E-state index >= 15 is 0 Å². The van der Waals surface area contributed by atoms with E-state index in [2.05, 4.69) is 20.4 Å². The smallest absolute Gasteiger partial charge is 0.318 e. The molecule has 3 aromatic rings. The molecule has 2 heterocycles. The number of aromatic nitrogens is 3. The summed E-state index contributed by atoms with van der Waals surface area (Å²) in [6, 6.07) is 9.37. The first-order valence-electron chi connectivity index (χ1n) is 9.00. The Hall–Kier alpha value is -2.74. The zero-order valence-corrected chi connectivity index (χ0v) is 15.9. The van der Waals surface area contributed by atoms with Crippen LogP contribution < -0.4 is 5.32 Å². The van der Waals surface area contributed by atoms with Gasteiger partial charge >= 0.3 is 6.03 Å². The first-order valence-corrected chi connectivity index (χ1v) is 9.88. The van der Waals surface area contributed by atoms with Crippen LogP contribution in [0.1, 0.15) is 54.0 Å². The molecule has 1 atom stereocenters. The summed E-state index contributed by atoms with van der Waals surface area (Å²) >= 11 is 1.53. The summed E-state index contributed by atoms with van der Waals surface area (Å²) in [5, 5.41) is 9.79. The fraction of sp³-hybridized carbons (Fsp3) is 0.368. The normalized spacial score (nSPS) is 14.7. The molecule has 1 aliphatic carbocycles. The highest BCUT2D eigenvalue weighted by atomic mass is 32.1. The fourth-order valence-electron chi connectivity index (χ4n) is 2.77. The molecule has 0 bridgehead atoms. The number of amides is 2. The van der Waals surface area contributed by atoms with E-state index in [4.69, 9.17) is 4.52 Å². The van der Waals surface area contributed by atoms with Crippen LogP contribution in [0.2, 0.25) is 0 Å². The van der Waals surface area contributed by atoms with E-state index in [1.807, 2.05) is 42.6 Å². The van der Waals surface area contributed by atoms with Crippen LogP contribution in [0.15, 0.2) is 46.4 Å². The molecule has 7 nitrogen and oxygen atoms in total. The number of benzene rings is 1. The van der Waals surface area contributed by atoms with E-state index in [1.54, 1.807) is 11.1 Å². The largest absolute Gasteiger partial charge is 0.337 e. The van der Waals surface area contributed by atoms with Gasteiger partial charge in [0.05, 0.1) is 6.54 Å². The van der Waals surface area contributed by atoms with Crippen molar-refractivity contribution in [2.24, 2.45) is 0 Å². The van der Waals surface area contributed by atoms with Gasteiger partial charge in [0.1, 0.15) is 11.0 Å². The van der Waals surface area contributed by atoms with Gasteiger partial charge < -0.3 is 14.7 Å². The van der Waals surface area contributed by atoms with Crippen molar-refractivity contribution in [1.29, 1.82) is 0 Å². The maximum atomic E-state index is 12.9. The molecule has 0 saturated heterocycles. The summed E-state index contributed by atoms with van der Waals surface area (Å²) in [5.41, 5.74) is 1.06. The standard InChI is InChI=1S/C19H21N5O2S/c1-13(18-22-17(23-26-18)15-7-8-15)21-19(25)24(12-16-20-9-10-27-16)11-14-5-3-2-4-6-14/h2-6,9-10,13,15H,7-8,11-12H2,1H3,(H,21,25)/t13-/m1/s1. The van der Waals surface area contributed by atoms with Crippen LogP contribution in [0.3, 0.4) is 0 Å². The topological polar surface area (TPSA) is 84.2 Å². The van der Waals surface area contributed by atoms with Crippen molar-refractivity contribution in [3.63, 3.8) is 0 Å². The lowest BCUT2D eigenvalue weighted by Crippen LogP contribution is -2.40. The number of carbonyl (C=O) groups is 1. The molecule has 8 heteroatoms. The number of urea groups is 1. The number of nitrogens with zero attached hydrogens (tertiary/aromatic N) is 4. The molecule has 0 radical (unpaired) electrons. The number of nitrogens with one attached hydrogen (secondary N) is 1. The Bertz CT molecular complexity index is 877. The summed E-state index contributed by atoms with van der Waals surface area (Å²) in [6.07, 6.45) is 3.97. The quantitative estimate of drug-likeness (QED) is 0.669. The summed E-state index contributed by atoms with van der Waals surface area (Å²) < 4.78 is 5.33. The van der Waals surface area contributed by atoms with Crippen molar-refractivity contribution in [2.75, 3.05) is 0 Å². The molecular formula is C19H21N5O2S. The summed E-state index contributed by atoms with van der Waals surface area (Å²) in [4.78, 5) is 23.4. The molecule has 2 amide bonds. The lowest BCUT2D eigenvalue weighted by molar-refractivity contribution is 0.186. The highest BCUT2D eigenvalue weighted by Gasteiger charge is 2.30. The molecule has 140 valence electrons. The van der Waals surface area contributed by atoms with Crippen molar-refractivity contribution >= 4 is 17.4 Å². The zero-order chi connectivity index (χ0) is 18.6. The van der Waals surface area contributed by atoms with Crippen LogP contribution in [-0.2, 0) is 13.1 Å². The summed E-state index contributed by atoms with van der Waals surface area (Å²) in [5.74, 6) is 1.61. The third-order valence-electron chi connectivity index (χ3n) is 4.42. The van der Waals surface area contributed by atoms with Crippen LogP contribution in [0.4, 0.5) is 4.79 Å². The SMILES string of the molecule is C[C@@H](NC(=O)N(Cc1ccccc1)Cc1nccs1)c1nc(C2CC2)no1. The lowest BCUT2D eigenvalue weighted by atomic mass is 10.2. The third-order valence-corrected chi connectivity index (χ3v) is 5.19. The first-order chi connectivity index (χ1) is 13.2. The van der Waals surface area contributed by atoms with Crippen LogP contribution in [0.25, 0.3) is 0 Å². The number of carbonyl (C=O) groups excluding carboxylic acids is 1. The Morgan fingerprint density at radius 1 is 1.33 bits per heavy atom. The second kappa shape index (κ2) is 7.87. The molecule has 4 rings (SSSR count). The highest BCUT2D eigenvalue weighted by molar-refractivity contribution is 7.09. The van der Waals surface area contributed by atoms with Crippen molar-refractivity contribution < 1.29 is 9.32 Å². The molecule has 0 unspecified atom stereocenters. The molecule has 1 aliphatic rings. The van der Waals surface area contributed by atoms with Crippen molar-refractivity contribution in [3.8, 4) is 0 Å². The van der Waals surface area contributed by atoms with Gasteiger partial charge in [-0.05, 0) is 25.3 Å². The summed E-state index contributed by atoms with van der Waals surface area (Å²) in [7, 11) is 0. The van der Waals surface area contributed by atoms with Crippen molar-refractivity contribution in [3.05, 3.63) is 64.2 Å². The van der Waals surface area contributed by atoms with E-state index in [0.29, 0.717) is 24.9 Å². The number of hydrogen-bond donors (Lipinski definition) is 1. The predicted octanol–water partition coefficient (Wildman–Crippen LogP) is 3.88. The maximum absolute atomic E-state index is 12.9. The molecule has 1 N–H and O–H groups in total. The minimum atomic E-state index is -0.355. The maximum Gasteiger partial charge on any atom is 0.318 e. The van der Waals surface area contributed by atoms with E-state index in [9.17, 15) is 4.79 Å². The Morgan fingerprint density at radius 3 is 2.85 bits per heavy atom. The minimum absolute atomic E-state index is 0.187. The van der Waals surface area contributed by atoms with E-state index < -0.39 is 0 Å². The van der Waals surface area contributed by atoms with Gasteiger partial charge in [0.2, 0.25) is 5.89 Å². The van der Waals surface area contributed by atoms with Gasteiger partial charge in [0.15, 0.2) is 5.82 Å². The van der Waals surface area contributed by atoms with E-state index in [1.165, 1.54) is 11.3 Å². The van der Waals surface area contributed by atoms with Crippen LogP contribution in [0.5, 0.6) is 0 Å². The average Bonchev–Trinajstić information content (AvgIpc) is 3.18. The van der Waals surface area contributed by atoms with Gasteiger partial charge in [0.25, 0.3) is 0 Å². The monoisotopic (exact) mass is 383 g/mol. The van der Waals surface area contributed by atoms with Gasteiger partial charge in [-0.25, -0.2) is 9.78 Å². The third kappa shape index (κ3) is 4.51. The predicted molar refractivity (Wildman–Crippen MR) is 101 cm³/mol. The second-order valence-corrected chi connectivity index (χ2v) is 7.68. The van der Waals surface area contributed by atoms with Gasteiger partial charge in [-0.1, -0.05) is 35.5 Å². The van der Waals surface area contributed by atoms with Gasteiger partial charge in [-0.15, -0.1) is 11.3 Å². The molecule has 0 aliphatic heterocycles. The first kappa shape index (κ1) is 17.7. The van der Waals surface area contributed by atoms with E-state index in [-0.39, 0.29) is 12.1 Å². The van der Waals surface area contributed by atoms with E-state index in [0.717, 1.165) is 29.2 Å². The molecular weight excluding hydrogens is 362 g/mol. The molecule has 0 spiro atoms. The number of thiazole rings is 1. The Balaban J connectivity index is 1.44. The Labute approximate surface area is 161 Å². The Morgan fingerprint density at radius 2 is 2.15 bits per heavy atom. The summed E-state index contributed by atoms with van der Waals surface area (Å²) in [6.45, 7) is 2.80. The van der Waals surface area contributed by atoms with Crippen LogP contribution in [0, 0.1) is 0 Å². The van der Waals surface area contributed by atoms with Gasteiger partial charge in [-0.2, -0.15) is 4.98 Å². The Kier molecular flexibility index (Phi) is 5.15.